The van der Waals surface area contributed by atoms with Gasteiger partial charge in [-0.15, -0.1) is 0 Å². The molecule has 0 aromatic heterocycles. The SMILES string of the molecule is Cc1ccc(NCCC2CCCO2)c([N+](=O)[O-])c1. The van der Waals surface area contributed by atoms with Crippen LogP contribution in [-0.2, 0) is 4.74 Å². The Labute approximate surface area is 106 Å². The van der Waals surface area contributed by atoms with Crippen LogP contribution in [0.5, 0.6) is 0 Å². The second-order valence-electron chi connectivity index (χ2n) is 4.63. The molecule has 18 heavy (non-hydrogen) atoms. The lowest BCUT2D eigenvalue weighted by Crippen LogP contribution is -2.13. The number of nitro benzene ring substituents is 1. The Morgan fingerprint density at radius 2 is 2.39 bits per heavy atom. The zero-order valence-corrected chi connectivity index (χ0v) is 10.5. The highest BCUT2D eigenvalue weighted by molar-refractivity contribution is 5.62. The first kappa shape index (κ1) is 12.8. The van der Waals surface area contributed by atoms with Gasteiger partial charge in [0.1, 0.15) is 5.69 Å². The molecule has 1 atom stereocenters. The Hall–Kier alpha value is -1.62. The third-order valence-electron chi connectivity index (χ3n) is 3.16. The molecule has 0 bridgehead atoms. The van der Waals surface area contributed by atoms with Crippen molar-refractivity contribution in [3.8, 4) is 0 Å². The lowest BCUT2D eigenvalue weighted by molar-refractivity contribution is -0.384. The van der Waals surface area contributed by atoms with Crippen molar-refractivity contribution < 1.29 is 9.66 Å². The van der Waals surface area contributed by atoms with E-state index >= 15 is 0 Å². The Balaban J connectivity index is 1.93. The van der Waals surface area contributed by atoms with Crippen LogP contribution in [0.4, 0.5) is 11.4 Å². The molecule has 98 valence electrons. The summed E-state index contributed by atoms with van der Waals surface area (Å²) in [6.07, 6.45) is 3.42. The van der Waals surface area contributed by atoms with E-state index in [-0.39, 0.29) is 10.6 Å². The van der Waals surface area contributed by atoms with Gasteiger partial charge in [0, 0.05) is 19.2 Å². The molecule has 1 aromatic rings. The first-order chi connectivity index (χ1) is 8.66. The molecule has 5 nitrogen and oxygen atoms in total. The molecule has 1 aliphatic heterocycles. The predicted octanol–water partition coefficient (Wildman–Crippen LogP) is 2.88. The second kappa shape index (κ2) is 5.82. The molecule has 0 radical (unpaired) electrons. The van der Waals surface area contributed by atoms with Crippen molar-refractivity contribution in [1.82, 2.24) is 0 Å². The maximum atomic E-state index is 10.9. The average molecular weight is 250 g/mol. The molecule has 0 aliphatic carbocycles. The summed E-state index contributed by atoms with van der Waals surface area (Å²) in [5, 5.41) is 14.1. The molecular formula is C13H18N2O3. The third kappa shape index (κ3) is 3.20. The van der Waals surface area contributed by atoms with Crippen molar-refractivity contribution in [3.05, 3.63) is 33.9 Å². The zero-order valence-electron chi connectivity index (χ0n) is 10.5. The Kier molecular flexibility index (Phi) is 4.15. The van der Waals surface area contributed by atoms with Gasteiger partial charge in [-0.1, -0.05) is 6.07 Å². The summed E-state index contributed by atoms with van der Waals surface area (Å²) in [6, 6.07) is 5.23. The van der Waals surface area contributed by atoms with E-state index in [4.69, 9.17) is 4.74 Å². The standard InChI is InChI=1S/C13H18N2O3/c1-10-4-5-12(13(9-10)15(16)17)14-7-6-11-3-2-8-18-11/h4-5,9,11,14H,2-3,6-8H2,1H3. The van der Waals surface area contributed by atoms with Crippen LogP contribution in [0.3, 0.4) is 0 Å². The van der Waals surface area contributed by atoms with Gasteiger partial charge in [-0.25, -0.2) is 0 Å². The summed E-state index contributed by atoms with van der Waals surface area (Å²) >= 11 is 0. The molecule has 0 saturated carbocycles. The first-order valence-corrected chi connectivity index (χ1v) is 6.27. The molecular weight excluding hydrogens is 232 g/mol. The Morgan fingerprint density at radius 3 is 3.06 bits per heavy atom. The fourth-order valence-electron chi connectivity index (χ4n) is 2.18. The van der Waals surface area contributed by atoms with Crippen LogP contribution in [0.15, 0.2) is 18.2 Å². The fourth-order valence-corrected chi connectivity index (χ4v) is 2.18. The molecule has 1 unspecified atom stereocenters. The molecule has 5 heteroatoms. The van der Waals surface area contributed by atoms with Crippen LogP contribution >= 0.6 is 0 Å². The highest BCUT2D eigenvalue weighted by Crippen LogP contribution is 2.25. The number of nitrogens with one attached hydrogen (secondary N) is 1. The number of rotatable bonds is 5. The quantitative estimate of drug-likeness (QED) is 0.644. The van der Waals surface area contributed by atoms with Gasteiger partial charge in [0.15, 0.2) is 0 Å². The van der Waals surface area contributed by atoms with Gasteiger partial charge in [-0.05, 0) is 37.8 Å². The molecule has 1 heterocycles. The number of ether oxygens (including phenoxy) is 1. The number of hydrogen-bond acceptors (Lipinski definition) is 4. The van der Waals surface area contributed by atoms with Crippen LogP contribution in [0.1, 0.15) is 24.8 Å². The maximum Gasteiger partial charge on any atom is 0.292 e. The number of hydrogen-bond donors (Lipinski definition) is 1. The highest BCUT2D eigenvalue weighted by Gasteiger charge is 2.16. The molecule has 1 fully saturated rings. The van der Waals surface area contributed by atoms with Crippen LogP contribution < -0.4 is 5.32 Å². The summed E-state index contributed by atoms with van der Waals surface area (Å²) in [5.74, 6) is 0. The van der Waals surface area contributed by atoms with Gasteiger partial charge in [-0.2, -0.15) is 0 Å². The summed E-state index contributed by atoms with van der Waals surface area (Å²) in [5.41, 5.74) is 1.62. The van der Waals surface area contributed by atoms with E-state index in [1.807, 2.05) is 13.0 Å². The van der Waals surface area contributed by atoms with E-state index in [0.717, 1.165) is 31.4 Å². The Morgan fingerprint density at radius 1 is 1.56 bits per heavy atom. The van der Waals surface area contributed by atoms with E-state index in [1.165, 1.54) is 0 Å². The van der Waals surface area contributed by atoms with Gasteiger partial charge in [0.05, 0.1) is 11.0 Å². The fraction of sp³-hybridized carbons (Fsp3) is 0.538. The van der Waals surface area contributed by atoms with Gasteiger partial charge < -0.3 is 10.1 Å². The van der Waals surface area contributed by atoms with Crippen molar-refractivity contribution in [2.75, 3.05) is 18.5 Å². The van der Waals surface area contributed by atoms with Crippen molar-refractivity contribution in [3.63, 3.8) is 0 Å². The average Bonchev–Trinajstić information content (AvgIpc) is 2.84. The number of benzene rings is 1. The van der Waals surface area contributed by atoms with Gasteiger partial charge in [0.25, 0.3) is 5.69 Å². The van der Waals surface area contributed by atoms with Crippen molar-refractivity contribution >= 4 is 11.4 Å². The lowest BCUT2D eigenvalue weighted by Gasteiger charge is -2.11. The number of aryl methyl sites for hydroxylation is 1. The van der Waals surface area contributed by atoms with Crippen LogP contribution in [0.25, 0.3) is 0 Å². The zero-order chi connectivity index (χ0) is 13.0. The number of nitrogens with zero attached hydrogens (tertiary/aromatic N) is 1. The minimum Gasteiger partial charge on any atom is -0.379 e. The van der Waals surface area contributed by atoms with Gasteiger partial charge in [-0.3, -0.25) is 10.1 Å². The predicted molar refractivity (Wildman–Crippen MR) is 69.9 cm³/mol. The maximum absolute atomic E-state index is 10.9. The van der Waals surface area contributed by atoms with E-state index in [9.17, 15) is 10.1 Å². The topological polar surface area (TPSA) is 64.4 Å². The second-order valence-corrected chi connectivity index (χ2v) is 4.63. The van der Waals surface area contributed by atoms with Crippen molar-refractivity contribution in [2.24, 2.45) is 0 Å². The van der Waals surface area contributed by atoms with Crippen LogP contribution in [-0.4, -0.2) is 24.2 Å². The molecule has 1 aromatic carbocycles. The smallest absolute Gasteiger partial charge is 0.292 e. The van der Waals surface area contributed by atoms with Crippen LogP contribution in [0.2, 0.25) is 0 Å². The monoisotopic (exact) mass is 250 g/mol. The Bertz CT molecular complexity index is 428. The summed E-state index contributed by atoms with van der Waals surface area (Å²) in [7, 11) is 0. The van der Waals surface area contributed by atoms with Crippen molar-refractivity contribution in [1.29, 1.82) is 0 Å². The minimum absolute atomic E-state index is 0.141. The third-order valence-corrected chi connectivity index (χ3v) is 3.16. The van der Waals surface area contributed by atoms with Gasteiger partial charge >= 0.3 is 0 Å². The minimum atomic E-state index is -0.346. The highest BCUT2D eigenvalue weighted by atomic mass is 16.6. The summed E-state index contributed by atoms with van der Waals surface area (Å²) < 4.78 is 5.51. The van der Waals surface area contributed by atoms with E-state index < -0.39 is 0 Å². The summed E-state index contributed by atoms with van der Waals surface area (Å²) in [6.45, 7) is 3.40. The van der Waals surface area contributed by atoms with Crippen LogP contribution in [0, 0.1) is 17.0 Å². The molecule has 0 amide bonds. The van der Waals surface area contributed by atoms with E-state index in [1.54, 1.807) is 12.1 Å². The number of nitro groups is 1. The summed E-state index contributed by atoms with van der Waals surface area (Å²) in [4.78, 5) is 10.6. The van der Waals surface area contributed by atoms with Crippen molar-refractivity contribution in [2.45, 2.75) is 32.3 Å². The van der Waals surface area contributed by atoms with E-state index in [0.29, 0.717) is 18.3 Å². The normalized spacial score (nSPS) is 18.8. The number of anilines is 1. The molecule has 1 aliphatic rings. The van der Waals surface area contributed by atoms with Gasteiger partial charge in [0.2, 0.25) is 0 Å². The molecule has 1 saturated heterocycles. The van der Waals surface area contributed by atoms with E-state index in [2.05, 4.69) is 5.32 Å². The largest absolute Gasteiger partial charge is 0.379 e. The molecule has 1 N–H and O–H groups in total. The first-order valence-electron chi connectivity index (χ1n) is 6.27. The lowest BCUT2D eigenvalue weighted by atomic mass is 10.1. The molecule has 0 spiro atoms. The molecule has 2 rings (SSSR count).